The van der Waals surface area contributed by atoms with Crippen LogP contribution in [0.5, 0.6) is 0 Å². The van der Waals surface area contributed by atoms with E-state index in [1.807, 2.05) is 0 Å². The Morgan fingerprint density at radius 2 is 2.00 bits per heavy atom. The fourth-order valence-electron chi connectivity index (χ4n) is 0. The molecule has 0 fully saturated rings. The van der Waals surface area contributed by atoms with E-state index in [1.165, 1.54) is 0 Å². The van der Waals surface area contributed by atoms with Crippen LogP contribution in [0.25, 0.3) is 0 Å². The minimum absolute atomic E-state index is 0. The Morgan fingerprint density at radius 3 is 2.00 bits per heavy atom. The molecule has 0 aliphatic carbocycles. The van der Waals surface area contributed by atoms with Crippen LogP contribution in [-0.2, 0) is 4.57 Å². The maximum absolute atomic E-state index is 8.46. The quantitative estimate of drug-likeness (QED) is 0.258. The van der Waals surface area contributed by atoms with Gasteiger partial charge in [0.05, 0.1) is 0 Å². The summed E-state index contributed by atoms with van der Waals surface area (Å²) in [4.78, 5) is 6.99. The van der Waals surface area contributed by atoms with Gasteiger partial charge in [0, 0.05) is 0 Å². The molecule has 0 heterocycles. The Hall–Kier alpha value is 1.06. The average molecular weight is 88.0 g/mol. The molecule has 0 bridgehead atoms. The molecule has 4 heteroatoms. The second kappa shape index (κ2) is 8.96. The normalized spacial score (nSPS) is 5.25. The number of rotatable bonds is 0. The van der Waals surface area contributed by atoms with Crippen molar-refractivity contribution in [3.05, 3.63) is 0 Å². The predicted molar refractivity (Wildman–Crippen MR) is 10.9 cm³/mol. The van der Waals surface area contributed by atoms with Crippen molar-refractivity contribution in [1.29, 1.82) is 0 Å². The summed E-state index contributed by atoms with van der Waals surface area (Å²) in [5.41, 5.74) is 0. The van der Waals surface area contributed by atoms with E-state index in [1.54, 1.807) is 0 Å². The fraction of sp³-hybridized carbons (Fsp3) is 0. The van der Waals surface area contributed by atoms with Crippen LogP contribution < -0.4 is 29.6 Å². The van der Waals surface area contributed by atoms with Crippen molar-refractivity contribution in [3.8, 4) is 0 Å². The Morgan fingerprint density at radius 1 is 2.00 bits per heavy atom. The molecule has 0 unspecified atom stereocenters. The van der Waals surface area contributed by atoms with Gasteiger partial charge in [0.15, 0.2) is 0 Å². The van der Waals surface area contributed by atoms with Crippen LogP contribution in [0.1, 0.15) is 1.43 Å². The summed E-state index contributed by atoms with van der Waals surface area (Å²) in [6, 6.07) is 0. The van der Waals surface area contributed by atoms with Gasteiger partial charge in [-0.25, -0.2) is 4.57 Å². The summed E-state index contributed by atoms with van der Waals surface area (Å²) >= 11 is 0. The van der Waals surface area contributed by atoms with Gasteiger partial charge in [-0.15, -0.1) is 0 Å². The zero-order valence-corrected chi connectivity index (χ0v) is 5.20. The molecule has 0 amide bonds. The fourth-order valence-corrected chi connectivity index (χ4v) is 0. The maximum atomic E-state index is 8.46. The van der Waals surface area contributed by atoms with Crippen LogP contribution in [0.2, 0.25) is 0 Å². The van der Waals surface area contributed by atoms with E-state index in [-0.39, 0.29) is 31.0 Å². The summed E-state index contributed by atoms with van der Waals surface area (Å²) in [5.74, 6) is 0. The van der Waals surface area contributed by atoms with Gasteiger partial charge in [-0.1, -0.05) is 0 Å². The van der Waals surface area contributed by atoms with E-state index in [9.17, 15) is 0 Å². The van der Waals surface area contributed by atoms with E-state index in [0.717, 1.165) is 0 Å². The first-order valence-corrected chi connectivity index (χ1v) is 1.15. The van der Waals surface area contributed by atoms with Gasteiger partial charge >= 0.3 is 39.7 Å². The summed E-state index contributed by atoms with van der Waals surface area (Å²) in [5, 5.41) is 0. The number of hydrogen-bond acceptors (Lipinski definition) is 1. The molecule has 2 nitrogen and oxygen atoms in total. The molecular weight excluding hydrogens is 86.0 g/mol. The Kier molecular flexibility index (Phi) is 19.9. The third-order valence-corrected chi connectivity index (χ3v) is 0. The van der Waals surface area contributed by atoms with Crippen molar-refractivity contribution in [3.63, 3.8) is 0 Å². The smallest absolute Gasteiger partial charge is 0.310 e. The zero-order chi connectivity index (χ0) is 2.71. The van der Waals surface area contributed by atoms with Crippen LogP contribution in [0.15, 0.2) is 0 Å². The Balaban J connectivity index is -0.0000000200. The van der Waals surface area contributed by atoms with Gasteiger partial charge in [0.1, 0.15) is 0 Å². The molecule has 0 aromatic heterocycles. The SMILES string of the molecule is O=PO.[H+].[Na+]. The molecule has 0 radical (unpaired) electrons. The molecule has 0 rings (SSSR count). The molecule has 1 N–H and O–H groups in total. The van der Waals surface area contributed by atoms with Crippen molar-refractivity contribution in [2.75, 3.05) is 0 Å². The third-order valence-electron chi connectivity index (χ3n) is 0. The Labute approximate surface area is 49.3 Å². The maximum Gasteiger partial charge on any atom is 1.00 e. The van der Waals surface area contributed by atoms with Crippen LogP contribution in [-0.4, -0.2) is 4.89 Å². The van der Waals surface area contributed by atoms with Crippen LogP contribution in [0, 0.1) is 0 Å². The molecule has 0 saturated heterocycles. The van der Waals surface area contributed by atoms with Gasteiger partial charge in [-0.3, -0.25) is 0 Å². The molecule has 0 saturated carbocycles. The van der Waals surface area contributed by atoms with E-state index in [2.05, 4.69) is 0 Å². The van der Waals surface area contributed by atoms with E-state index in [0.29, 0.717) is 0 Å². The molecule has 4 heavy (non-hydrogen) atoms. The molecule has 18 valence electrons. The molecular formula is H2NaO2P+2. The van der Waals surface area contributed by atoms with Gasteiger partial charge in [-0.2, -0.15) is 0 Å². The summed E-state index contributed by atoms with van der Waals surface area (Å²) in [7, 11) is -0.833. The van der Waals surface area contributed by atoms with Crippen molar-refractivity contribution in [2.24, 2.45) is 0 Å². The molecule has 0 aliphatic rings. The second-order valence-corrected chi connectivity index (χ2v) is 0.245. The first-order chi connectivity index (χ1) is 1.41. The Bertz CT molecular complexity index is 17.1. The molecule has 0 aromatic carbocycles. The van der Waals surface area contributed by atoms with E-state index in [4.69, 9.17) is 9.46 Å². The average Bonchev–Trinajstić information content (AvgIpc) is 0.918. The molecule has 0 aliphatic heterocycles. The van der Waals surface area contributed by atoms with E-state index >= 15 is 0 Å². The van der Waals surface area contributed by atoms with Crippen molar-refractivity contribution >= 4 is 8.69 Å². The molecule has 0 atom stereocenters. The van der Waals surface area contributed by atoms with E-state index < -0.39 is 8.69 Å². The van der Waals surface area contributed by atoms with Crippen LogP contribution >= 0.6 is 8.69 Å². The largest absolute Gasteiger partial charge is 1.00 e. The topological polar surface area (TPSA) is 37.3 Å². The third kappa shape index (κ3) is 11.6. The summed E-state index contributed by atoms with van der Waals surface area (Å²) in [6.07, 6.45) is 0. The first kappa shape index (κ1) is 8.91. The van der Waals surface area contributed by atoms with Gasteiger partial charge in [0.2, 0.25) is 0 Å². The standard InChI is InChI=1S/Na.HO2P/c;1-3-2/h;(H,1,2)/q+1;/p+1. The monoisotopic (exact) mass is 88.0 g/mol. The van der Waals surface area contributed by atoms with Crippen LogP contribution in [0.3, 0.4) is 0 Å². The minimum Gasteiger partial charge on any atom is -0.310 e. The van der Waals surface area contributed by atoms with Crippen molar-refractivity contribution < 1.29 is 40.4 Å². The van der Waals surface area contributed by atoms with Gasteiger partial charge in [-0.05, 0) is 0 Å². The van der Waals surface area contributed by atoms with Gasteiger partial charge < -0.3 is 4.89 Å². The second-order valence-electron chi connectivity index (χ2n) is 0.0816. The van der Waals surface area contributed by atoms with Gasteiger partial charge in [0.25, 0.3) is 0 Å². The van der Waals surface area contributed by atoms with Crippen molar-refractivity contribution in [2.45, 2.75) is 0 Å². The minimum atomic E-state index is -0.833. The van der Waals surface area contributed by atoms with Crippen molar-refractivity contribution in [1.82, 2.24) is 0 Å². The molecule has 0 spiro atoms. The predicted octanol–water partition coefficient (Wildman–Crippen LogP) is -2.70. The molecule has 0 aromatic rings. The number of hydrogen-bond donors (Lipinski definition) is 1. The zero-order valence-electron chi connectivity index (χ0n) is 3.30. The van der Waals surface area contributed by atoms with Crippen LogP contribution in [0.4, 0.5) is 0 Å². The summed E-state index contributed by atoms with van der Waals surface area (Å²) in [6.45, 7) is 0. The summed E-state index contributed by atoms with van der Waals surface area (Å²) < 4.78 is 8.46. The first-order valence-electron chi connectivity index (χ1n) is 0.383.